The van der Waals surface area contributed by atoms with Crippen LogP contribution in [0.4, 0.5) is 0 Å². The molecule has 0 fully saturated rings. The van der Waals surface area contributed by atoms with Crippen molar-refractivity contribution in [3.63, 3.8) is 0 Å². The van der Waals surface area contributed by atoms with E-state index < -0.39 is 5.41 Å². The van der Waals surface area contributed by atoms with E-state index in [4.69, 9.17) is 0 Å². The molecule has 0 saturated heterocycles. The number of carbonyl (C=O) groups is 2. The number of hydrogen-bond donors (Lipinski definition) is 1. The first-order valence-electron chi connectivity index (χ1n) is 5.81. The van der Waals surface area contributed by atoms with Crippen LogP contribution in [0.15, 0.2) is 11.4 Å². The zero-order valence-electron chi connectivity index (χ0n) is 10.4. The summed E-state index contributed by atoms with van der Waals surface area (Å²) in [5.41, 5.74) is 0.598. The van der Waals surface area contributed by atoms with E-state index in [-0.39, 0.29) is 17.7 Å². The molecule has 0 radical (unpaired) electrons. The minimum Gasteiger partial charge on any atom is -0.349 e. The number of thiophene rings is 1. The highest BCUT2D eigenvalue weighted by molar-refractivity contribution is 7.12. The maximum atomic E-state index is 12.0. The quantitative estimate of drug-likeness (QED) is 0.834. The van der Waals surface area contributed by atoms with Crippen LogP contribution in [0.5, 0.6) is 0 Å². The molecule has 1 amide bonds. The Morgan fingerprint density at radius 3 is 2.82 bits per heavy atom. The van der Waals surface area contributed by atoms with Gasteiger partial charge in [-0.15, -0.1) is 11.3 Å². The number of carbonyl (C=O) groups excluding carboxylic acids is 2. The number of hydrogen-bond acceptors (Lipinski definition) is 3. The molecule has 2 rings (SSSR count). The van der Waals surface area contributed by atoms with Gasteiger partial charge < -0.3 is 5.32 Å². The zero-order chi connectivity index (χ0) is 12.6. The van der Waals surface area contributed by atoms with Crippen molar-refractivity contribution in [1.29, 1.82) is 0 Å². The molecule has 1 heterocycles. The van der Waals surface area contributed by atoms with Crippen LogP contribution in [-0.2, 0) is 4.79 Å². The molecule has 0 bridgehead atoms. The average Bonchev–Trinajstić information content (AvgIpc) is 2.70. The summed E-state index contributed by atoms with van der Waals surface area (Å²) in [6.07, 6.45) is 1.24. The second-order valence-corrected chi connectivity index (χ2v) is 6.36. The molecule has 1 atom stereocenters. The van der Waals surface area contributed by atoms with Gasteiger partial charge in [0.1, 0.15) is 0 Å². The monoisotopic (exact) mass is 251 g/mol. The van der Waals surface area contributed by atoms with Gasteiger partial charge in [0.25, 0.3) is 0 Å². The SMILES string of the molecule is CC(C)(C)C(=O)NC1CCC(=O)c2sccc21. The Balaban J connectivity index is 2.18. The van der Waals surface area contributed by atoms with Crippen LogP contribution in [0.3, 0.4) is 0 Å². The molecule has 1 aliphatic carbocycles. The van der Waals surface area contributed by atoms with Crippen LogP contribution in [0.1, 0.15) is 54.9 Å². The number of fused-ring (bicyclic) bond motifs is 1. The summed E-state index contributed by atoms with van der Waals surface area (Å²) in [6.45, 7) is 5.68. The van der Waals surface area contributed by atoms with Gasteiger partial charge in [-0.1, -0.05) is 20.8 Å². The number of rotatable bonds is 1. The van der Waals surface area contributed by atoms with Gasteiger partial charge in [0.15, 0.2) is 5.78 Å². The van der Waals surface area contributed by atoms with Crippen LogP contribution < -0.4 is 5.32 Å². The molecule has 0 spiro atoms. The summed E-state index contributed by atoms with van der Waals surface area (Å²) in [7, 11) is 0. The highest BCUT2D eigenvalue weighted by atomic mass is 32.1. The molecular formula is C13H17NO2S. The third-order valence-corrected chi connectivity index (χ3v) is 3.94. The van der Waals surface area contributed by atoms with Gasteiger partial charge in [0.2, 0.25) is 5.91 Å². The fourth-order valence-corrected chi connectivity index (χ4v) is 2.82. The van der Waals surface area contributed by atoms with E-state index in [2.05, 4.69) is 5.32 Å². The van der Waals surface area contributed by atoms with Crippen molar-refractivity contribution in [3.8, 4) is 0 Å². The fraction of sp³-hybridized carbons (Fsp3) is 0.538. The van der Waals surface area contributed by atoms with Crippen LogP contribution in [-0.4, -0.2) is 11.7 Å². The Bertz CT molecular complexity index is 456. The van der Waals surface area contributed by atoms with E-state index in [1.807, 2.05) is 32.2 Å². The number of amides is 1. The lowest BCUT2D eigenvalue weighted by molar-refractivity contribution is -0.129. The van der Waals surface area contributed by atoms with Gasteiger partial charge in [-0.2, -0.15) is 0 Å². The van der Waals surface area contributed by atoms with E-state index in [1.54, 1.807) is 0 Å². The van der Waals surface area contributed by atoms with Crippen molar-refractivity contribution < 1.29 is 9.59 Å². The smallest absolute Gasteiger partial charge is 0.225 e. The maximum absolute atomic E-state index is 12.0. The van der Waals surface area contributed by atoms with Crippen molar-refractivity contribution in [1.82, 2.24) is 5.32 Å². The number of Topliss-reactive ketones (excluding diaryl/α,β-unsaturated/α-hetero) is 1. The topological polar surface area (TPSA) is 46.2 Å². The average molecular weight is 251 g/mol. The second-order valence-electron chi connectivity index (χ2n) is 5.44. The van der Waals surface area contributed by atoms with Crippen molar-refractivity contribution in [2.75, 3.05) is 0 Å². The maximum Gasteiger partial charge on any atom is 0.225 e. The van der Waals surface area contributed by atoms with Crippen LogP contribution in [0.25, 0.3) is 0 Å². The Morgan fingerprint density at radius 2 is 2.18 bits per heavy atom. The number of ketones is 1. The van der Waals surface area contributed by atoms with E-state index in [0.717, 1.165) is 10.4 Å². The summed E-state index contributed by atoms with van der Waals surface area (Å²) in [4.78, 5) is 24.4. The molecule has 0 saturated carbocycles. The summed E-state index contributed by atoms with van der Waals surface area (Å²) in [5.74, 6) is 0.241. The van der Waals surface area contributed by atoms with Crippen LogP contribution in [0, 0.1) is 5.41 Å². The third-order valence-electron chi connectivity index (χ3n) is 2.97. The first-order chi connectivity index (χ1) is 7.89. The molecule has 1 N–H and O–H groups in total. The minimum absolute atomic E-state index is 0.000625. The first-order valence-corrected chi connectivity index (χ1v) is 6.69. The molecule has 4 heteroatoms. The van der Waals surface area contributed by atoms with Gasteiger partial charge in [0, 0.05) is 11.8 Å². The van der Waals surface area contributed by atoms with Gasteiger partial charge in [0.05, 0.1) is 10.9 Å². The summed E-state index contributed by atoms with van der Waals surface area (Å²) < 4.78 is 0. The van der Waals surface area contributed by atoms with E-state index in [0.29, 0.717) is 12.8 Å². The molecule has 3 nitrogen and oxygen atoms in total. The molecule has 1 aliphatic rings. The van der Waals surface area contributed by atoms with Crippen molar-refractivity contribution in [2.24, 2.45) is 5.41 Å². The van der Waals surface area contributed by atoms with Crippen molar-refractivity contribution >= 4 is 23.0 Å². The largest absolute Gasteiger partial charge is 0.349 e. The van der Waals surface area contributed by atoms with Crippen LogP contribution in [0.2, 0.25) is 0 Å². The lowest BCUT2D eigenvalue weighted by Gasteiger charge is -2.27. The zero-order valence-corrected chi connectivity index (χ0v) is 11.2. The molecule has 0 aromatic carbocycles. The Morgan fingerprint density at radius 1 is 1.47 bits per heavy atom. The van der Waals surface area contributed by atoms with Gasteiger partial charge in [-0.05, 0) is 23.4 Å². The van der Waals surface area contributed by atoms with E-state index in [9.17, 15) is 9.59 Å². The van der Waals surface area contributed by atoms with Gasteiger partial charge in [-0.25, -0.2) is 0 Å². The molecule has 1 unspecified atom stereocenters. The summed E-state index contributed by atoms with van der Waals surface area (Å²) >= 11 is 1.47. The van der Waals surface area contributed by atoms with Crippen LogP contribution >= 0.6 is 11.3 Å². The summed E-state index contributed by atoms with van der Waals surface area (Å²) in [5, 5.41) is 4.96. The van der Waals surface area contributed by atoms with Gasteiger partial charge >= 0.3 is 0 Å². The lowest BCUT2D eigenvalue weighted by atomic mass is 9.90. The van der Waals surface area contributed by atoms with E-state index in [1.165, 1.54) is 11.3 Å². The molecule has 1 aromatic heterocycles. The normalized spacial score (nSPS) is 19.9. The Labute approximate surface area is 105 Å². The predicted octanol–water partition coefficient (Wildman–Crippen LogP) is 2.93. The highest BCUT2D eigenvalue weighted by Gasteiger charge is 2.30. The molecule has 92 valence electrons. The molecular weight excluding hydrogens is 234 g/mol. The Kier molecular flexibility index (Phi) is 3.08. The summed E-state index contributed by atoms with van der Waals surface area (Å²) in [6, 6.07) is 1.95. The standard InChI is InChI=1S/C13H17NO2S/c1-13(2,3)12(16)14-9-4-5-10(15)11-8(9)6-7-17-11/h6-7,9H,4-5H2,1-3H3,(H,14,16). The van der Waals surface area contributed by atoms with Gasteiger partial charge in [-0.3, -0.25) is 9.59 Å². The van der Waals surface area contributed by atoms with Crippen molar-refractivity contribution in [2.45, 2.75) is 39.7 Å². The third kappa shape index (κ3) is 2.41. The lowest BCUT2D eigenvalue weighted by Crippen LogP contribution is -2.38. The molecule has 17 heavy (non-hydrogen) atoms. The minimum atomic E-state index is -0.391. The predicted molar refractivity (Wildman–Crippen MR) is 68.2 cm³/mol. The molecule has 0 aliphatic heterocycles. The highest BCUT2D eigenvalue weighted by Crippen LogP contribution is 2.33. The Hall–Kier alpha value is -1.16. The fourth-order valence-electron chi connectivity index (χ4n) is 1.89. The first kappa shape index (κ1) is 12.3. The second kappa shape index (κ2) is 4.26. The number of nitrogens with one attached hydrogen (secondary N) is 1. The van der Waals surface area contributed by atoms with Crippen molar-refractivity contribution in [3.05, 3.63) is 21.9 Å². The molecule has 1 aromatic rings. The van der Waals surface area contributed by atoms with E-state index >= 15 is 0 Å².